The first-order valence-electron chi connectivity index (χ1n) is 11.9. The SMILES string of the molecule is Cc1ccc(CC(=O)N(Cc2ccccc2)[C@H](Cc2ccccc2)C(=O)NC(C)(C)C)cc1C. The van der Waals surface area contributed by atoms with E-state index in [2.05, 4.69) is 25.2 Å². The summed E-state index contributed by atoms with van der Waals surface area (Å²) in [7, 11) is 0. The predicted molar refractivity (Wildman–Crippen MR) is 138 cm³/mol. The molecule has 0 saturated heterocycles. The number of nitrogens with zero attached hydrogens (tertiary/aromatic N) is 1. The van der Waals surface area contributed by atoms with Gasteiger partial charge in [-0.25, -0.2) is 0 Å². The summed E-state index contributed by atoms with van der Waals surface area (Å²) in [6.45, 7) is 10.4. The molecule has 0 aliphatic heterocycles. The van der Waals surface area contributed by atoms with Crippen LogP contribution in [0.25, 0.3) is 0 Å². The van der Waals surface area contributed by atoms with E-state index in [0.717, 1.165) is 22.3 Å². The molecule has 4 heteroatoms. The van der Waals surface area contributed by atoms with Gasteiger partial charge in [0.1, 0.15) is 6.04 Å². The Bertz CT molecular complexity index is 1100. The van der Waals surface area contributed by atoms with E-state index in [0.29, 0.717) is 13.0 Å². The summed E-state index contributed by atoms with van der Waals surface area (Å²) in [6, 6.07) is 25.3. The molecule has 0 fully saturated rings. The van der Waals surface area contributed by atoms with Gasteiger partial charge in [0, 0.05) is 18.5 Å². The van der Waals surface area contributed by atoms with Gasteiger partial charge in [0.2, 0.25) is 11.8 Å². The standard InChI is InChI=1S/C30H36N2O2/c1-22-16-17-26(18-23(22)2)20-28(33)32(21-25-14-10-7-11-15-25)27(29(34)31-30(3,4)5)19-24-12-8-6-9-13-24/h6-18,27H,19-21H2,1-5H3,(H,31,34)/t27-/m1/s1. The van der Waals surface area contributed by atoms with Gasteiger partial charge in [0.15, 0.2) is 0 Å². The van der Waals surface area contributed by atoms with Gasteiger partial charge < -0.3 is 10.2 Å². The first kappa shape index (κ1) is 25.2. The van der Waals surface area contributed by atoms with Crippen molar-refractivity contribution >= 4 is 11.8 Å². The van der Waals surface area contributed by atoms with Crippen molar-refractivity contribution in [3.05, 3.63) is 107 Å². The fraction of sp³-hybridized carbons (Fsp3) is 0.333. The first-order valence-corrected chi connectivity index (χ1v) is 11.9. The lowest BCUT2D eigenvalue weighted by molar-refractivity contribution is -0.141. The first-order chi connectivity index (χ1) is 16.1. The minimum atomic E-state index is -0.624. The highest BCUT2D eigenvalue weighted by Gasteiger charge is 2.32. The van der Waals surface area contributed by atoms with Gasteiger partial charge in [0.05, 0.1) is 6.42 Å². The number of amides is 2. The summed E-state index contributed by atoms with van der Waals surface area (Å²) >= 11 is 0. The van der Waals surface area contributed by atoms with E-state index in [1.54, 1.807) is 4.90 Å². The van der Waals surface area contributed by atoms with E-state index in [1.807, 2.05) is 93.6 Å². The average molecular weight is 457 g/mol. The van der Waals surface area contributed by atoms with E-state index in [1.165, 1.54) is 5.56 Å². The lowest BCUT2D eigenvalue weighted by atomic mass is 9.99. The monoisotopic (exact) mass is 456 g/mol. The fourth-order valence-electron chi connectivity index (χ4n) is 3.98. The largest absolute Gasteiger partial charge is 0.350 e. The maximum Gasteiger partial charge on any atom is 0.243 e. The van der Waals surface area contributed by atoms with E-state index in [9.17, 15) is 9.59 Å². The third-order valence-corrected chi connectivity index (χ3v) is 5.89. The molecular weight excluding hydrogens is 420 g/mol. The highest BCUT2D eigenvalue weighted by Crippen LogP contribution is 2.18. The van der Waals surface area contributed by atoms with Crippen LogP contribution in [0, 0.1) is 13.8 Å². The zero-order valence-electron chi connectivity index (χ0n) is 21.0. The van der Waals surface area contributed by atoms with Crippen molar-refractivity contribution in [1.82, 2.24) is 10.2 Å². The zero-order chi connectivity index (χ0) is 24.7. The smallest absolute Gasteiger partial charge is 0.243 e. The maximum atomic E-state index is 13.8. The quantitative estimate of drug-likeness (QED) is 0.493. The summed E-state index contributed by atoms with van der Waals surface area (Å²) in [5.74, 6) is -0.196. The van der Waals surface area contributed by atoms with Crippen LogP contribution in [0.2, 0.25) is 0 Å². The topological polar surface area (TPSA) is 49.4 Å². The van der Waals surface area contributed by atoms with Crippen molar-refractivity contribution in [1.29, 1.82) is 0 Å². The van der Waals surface area contributed by atoms with E-state index < -0.39 is 11.6 Å². The van der Waals surface area contributed by atoms with Crippen LogP contribution in [-0.2, 0) is 29.0 Å². The minimum Gasteiger partial charge on any atom is -0.350 e. The Morgan fingerprint density at radius 1 is 0.794 bits per heavy atom. The Balaban J connectivity index is 1.97. The number of rotatable bonds is 8. The second kappa shape index (κ2) is 11.1. The number of benzene rings is 3. The van der Waals surface area contributed by atoms with Crippen molar-refractivity contribution < 1.29 is 9.59 Å². The molecule has 0 saturated carbocycles. The summed E-state index contributed by atoms with van der Waals surface area (Å²) in [5.41, 5.74) is 4.93. The number of carbonyl (C=O) groups excluding carboxylic acids is 2. The van der Waals surface area contributed by atoms with Crippen molar-refractivity contribution in [2.24, 2.45) is 0 Å². The van der Waals surface area contributed by atoms with Crippen LogP contribution in [0.15, 0.2) is 78.9 Å². The van der Waals surface area contributed by atoms with Crippen molar-refractivity contribution in [3.63, 3.8) is 0 Å². The molecule has 1 atom stereocenters. The zero-order valence-corrected chi connectivity index (χ0v) is 21.0. The van der Waals surface area contributed by atoms with Crippen LogP contribution < -0.4 is 5.32 Å². The predicted octanol–water partition coefficient (Wildman–Crippen LogP) is 5.40. The van der Waals surface area contributed by atoms with Crippen LogP contribution in [-0.4, -0.2) is 28.3 Å². The third kappa shape index (κ3) is 7.31. The second-order valence-electron chi connectivity index (χ2n) is 10.0. The fourth-order valence-corrected chi connectivity index (χ4v) is 3.98. The van der Waals surface area contributed by atoms with E-state index in [4.69, 9.17) is 0 Å². The lowest BCUT2D eigenvalue weighted by Crippen LogP contribution is -2.54. The molecule has 2 amide bonds. The third-order valence-electron chi connectivity index (χ3n) is 5.89. The number of hydrogen-bond acceptors (Lipinski definition) is 2. The number of hydrogen-bond donors (Lipinski definition) is 1. The molecule has 3 aromatic rings. The van der Waals surface area contributed by atoms with Crippen LogP contribution in [0.3, 0.4) is 0 Å². The van der Waals surface area contributed by atoms with Gasteiger partial charge in [0.25, 0.3) is 0 Å². The number of aryl methyl sites for hydroxylation is 2. The van der Waals surface area contributed by atoms with Crippen LogP contribution in [0.1, 0.15) is 48.6 Å². The molecule has 0 spiro atoms. The lowest BCUT2D eigenvalue weighted by Gasteiger charge is -2.34. The normalized spacial score (nSPS) is 12.1. The van der Waals surface area contributed by atoms with Crippen LogP contribution in [0.5, 0.6) is 0 Å². The summed E-state index contributed by atoms with van der Waals surface area (Å²) in [5, 5.41) is 3.11. The van der Waals surface area contributed by atoms with Crippen molar-refractivity contribution in [2.75, 3.05) is 0 Å². The Hall–Kier alpha value is -3.40. The van der Waals surface area contributed by atoms with Gasteiger partial charge in [-0.2, -0.15) is 0 Å². The molecule has 0 radical (unpaired) electrons. The Morgan fingerprint density at radius 3 is 1.94 bits per heavy atom. The second-order valence-corrected chi connectivity index (χ2v) is 10.0. The highest BCUT2D eigenvalue weighted by atomic mass is 16.2. The van der Waals surface area contributed by atoms with Crippen LogP contribution in [0.4, 0.5) is 0 Å². The maximum absolute atomic E-state index is 13.8. The molecular formula is C30H36N2O2. The molecule has 3 aromatic carbocycles. The summed E-state index contributed by atoms with van der Waals surface area (Å²) in [6.07, 6.45) is 0.705. The molecule has 3 rings (SSSR count). The van der Waals surface area contributed by atoms with Crippen LogP contribution >= 0.6 is 0 Å². The molecule has 0 aliphatic rings. The number of nitrogens with one attached hydrogen (secondary N) is 1. The Morgan fingerprint density at radius 2 is 1.38 bits per heavy atom. The van der Waals surface area contributed by atoms with E-state index >= 15 is 0 Å². The molecule has 0 heterocycles. The van der Waals surface area contributed by atoms with Gasteiger partial charge >= 0.3 is 0 Å². The molecule has 0 bridgehead atoms. The van der Waals surface area contributed by atoms with E-state index in [-0.39, 0.29) is 18.2 Å². The molecule has 0 aliphatic carbocycles. The number of carbonyl (C=O) groups is 2. The molecule has 4 nitrogen and oxygen atoms in total. The van der Waals surface area contributed by atoms with Gasteiger partial charge in [-0.1, -0.05) is 78.9 Å². The van der Waals surface area contributed by atoms with Crippen molar-refractivity contribution in [3.8, 4) is 0 Å². The minimum absolute atomic E-state index is 0.0582. The Labute approximate surface area is 204 Å². The molecule has 178 valence electrons. The molecule has 0 aromatic heterocycles. The van der Waals surface area contributed by atoms with Gasteiger partial charge in [-0.3, -0.25) is 9.59 Å². The Kier molecular flexibility index (Phi) is 8.27. The molecule has 34 heavy (non-hydrogen) atoms. The summed E-state index contributed by atoms with van der Waals surface area (Å²) < 4.78 is 0. The summed E-state index contributed by atoms with van der Waals surface area (Å²) in [4.78, 5) is 29.1. The average Bonchev–Trinajstić information content (AvgIpc) is 2.79. The van der Waals surface area contributed by atoms with Crippen molar-refractivity contribution in [2.45, 2.75) is 65.6 Å². The van der Waals surface area contributed by atoms with Gasteiger partial charge in [-0.15, -0.1) is 0 Å². The molecule has 1 N–H and O–H groups in total. The van der Waals surface area contributed by atoms with Gasteiger partial charge in [-0.05, 0) is 62.4 Å². The highest BCUT2D eigenvalue weighted by molar-refractivity contribution is 5.89. The molecule has 0 unspecified atom stereocenters.